The molecule has 44 heavy (non-hydrogen) atoms. The van der Waals surface area contributed by atoms with E-state index in [1.54, 1.807) is 0 Å². The van der Waals surface area contributed by atoms with E-state index in [0.29, 0.717) is 0 Å². The van der Waals surface area contributed by atoms with E-state index in [9.17, 15) is 0 Å². The summed E-state index contributed by atoms with van der Waals surface area (Å²) in [6.45, 7) is 18.9. The van der Waals surface area contributed by atoms with Crippen molar-refractivity contribution in [2.24, 2.45) is 21.7 Å². The number of rotatable bonds is 0. The van der Waals surface area contributed by atoms with Crippen molar-refractivity contribution in [3.05, 3.63) is 141 Å². The topological polar surface area (TPSA) is 0 Å². The fraction of sp³-hybridized carbons (Fsp3) is 0.318. The van der Waals surface area contributed by atoms with Gasteiger partial charge in [0, 0.05) is 33.1 Å². The SMILES string of the molecule is CC(C)(C)C1=CC2=C(C#CC3=CC=CC3)C(C#CC3=CC=CC3)=C3C=C(C(C)(C)C)C=C4c5ccccc5C(=C1)C2(C)[C@@]43C. The largest absolute Gasteiger partial charge is 0.0794 e. The van der Waals surface area contributed by atoms with Crippen molar-refractivity contribution >= 4 is 11.1 Å². The second-order valence-electron chi connectivity index (χ2n) is 15.3. The Labute approximate surface area is 264 Å². The maximum atomic E-state index is 3.78. The fourth-order valence-corrected chi connectivity index (χ4v) is 7.70. The Hall–Kier alpha value is -4.26. The number of allylic oxidation sites excluding steroid dienone is 20. The summed E-state index contributed by atoms with van der Waals surface area (Å²) in [5, 5.41) is 0. The summed E-state index contributed by atoms with van der Waals surface area (Å²) in [4.78, 5) is 0. The van der Waals surface area contributed by atoms with E-state index in [-0.39, 0.29) is 21.7 Å². The molecule has 1 aromatic carbocycles. The van der Waals surface area contributed by atoms with Crippen LogP contribution in [0.15, 0.2) is 130 Å². The lowest BCUT2D eigenvalue weighted by molar-refractivity contribution is 0.295. The summed E-state index contributed by atoms with van der Waals surface area (Å²) in [5.74, 6) is 14.8. The van der Waals surface area contributed by atoms with Crippen molar-refractivity contribution in [3.63, 3.8) is 0 Å². The van der Waals surface area contributed by atoms with E-state index in [1.165, 1.54) is 44.6 Å². The van der Waals surface area contributed by atoms with Crippen LogP contribution in [-0.2, 0) is 0 Å². The molecule has 218 valence electrons. The molecule has 0 N–H and O–H groups in total. The second kappa shape index (κ2) is 9.62. The van der Waals surface area contributed by atoms with Crippen LogP contribution in [0.25, 0.3) is 11.1 Å². The smallest absolute Gasteiger partial charge is 0.0450 e. The molecule has 6 aliphatic rings. The van der Waals surface area contributed by atoms with Crippen LogP contribution in [0.1, 0.15) is 79.4 Å². The molecule has 0 aliphatic heterocycles. The van der Waals surface area contributed by atoms with Crippen LogP contribution < -0.4 is 0 Å². The Kier molecular flexibility index (Phi) is 6.23. The molecule has 1 aromatic rings. The van der Waals surface area contributed by atoms with Crippen LogP contribution >= 0.6 is 0 Å². The van der Waals surface area contributed by atoms with Gasteiger partial charge in [0.15, 0.2) is 0 Å². The van der Waals surface area contributed by atoms with Gasteiger partial charge in [-0.1, -0.05) is 164 Å². The van der Waals surface area contributed by atoms with Crippen LogP contribution in [0.4, 0.5) is 0 Å². The van der Waals surface area contributed by atoms with Crippen molar-refractivity contribution in [1.82, 2.24) is 0 Å². The molecule has 0 heterocycles. The predicted octanol–water partition coefficient (Wildman–Crippen LogP) is 10.8. The zero-order chi connectivity index (χ0) is 31.1. The molecule has 0 spiro atoms. The standard InChI is InChI=1S/C44H42/c1-41(2,3)31-25-37-33-19-13-14-20-34(33)38-26-32(42(4,5)6)28-40-36(24-22-30-17-11-12-18-30)35(23-21-29-15-9-10-16-29)39(27-31)43(37,7)44(38,40)8/h9-15,17,19-20,25-28H,16,18H2,1-8H3/t43-,44?/m0/s1. The van der Waals surface area contributed by atoms with Crippen LogP contribution in [-0.4, -0.2) is 0 Å². The van der Waals surface area contributed by atoms with Crippen molar-refractivity contribution in [1.29, 1.82) is 0 Å². The molecule has 0 aromatic heterocycles. The molecule has 0 fully saturated rings. The van der Waals surface area contributed by atoms with Gasteiger partial charge in [0.25, 0.3) is 0 Å². The Morgan fingerprint density at radius 3 is 1.32 bits per heavy atom. The minimum Gasteiger partial charge on any atom is -0.0794 e. The third kappa shape index (κ3) is 4.08. The Bertz CT molecular complexity index is 1830. The highest BCUT2D eigenvalue weighted by molar-refractivity contribution is 6.00. The summed E-state index contributed by atoms with van der Waals surface area (Å²) < 4.78 is 0. The molecule has 6 aliphatic carbocycles. The van der Waals surface area contributed by atoms with Crippen molar-refractivity contribution in [3.8, 4) is 23.7 Å². The van der Waals surface area contributed by atoms with E-state index in [0.717, 1.165) is 35.1 Å². The molecular formula is C44H42. The molecule has 0 saturated carbocycles. The van der Waals surface area contributed by atoms with E-state index in [2.05, 4.69) is 164 Å². The summed E-state index contributed by atoms with van der Waals surface area (Å²) in [6.07, 6.45) is 24.7. The first-order valence-electron chi connectivity index (χ1n) is 16.1. The lowest BCUT2D eigenvalue weighted by atomic mass is 9.41. The first kappa shape index (κ1) is 28.5. The summed E-state index contributed by atoms with van der Waals surface area (Å²) in [6, 6.07) is 9.08. The summed E-state index contributed by atoms with van der Waals surface area (Å²) >= 11 is 0. The number of hydrogen-bond acceptors (Lipinski definition) is 0. The molecule has 7 rings (SSSR count). The number of fused-ring (bicyclic) bond motifs is 3. The van der Waals surface area contributed by atoms with Crippen LogP contribution in [0.2, 0.25) is 0 Å². The Balaban J connectivity index is 1.66. The van der Waals surface area contributed by atoms with Gasteiger partial charge in [0.1, 0.15) is 0 Å². The Morgan fingerprint density at radius 2 is 0.977 bits per heavy atom. The molecule has 0 nitrogen and oxygen atoms in total. The quantitative estimate of drug-likeness (QED) is 0.272. The number of hydrogen-bond donors (Lipinski definition) is 0. The van der Waals surface area contributed by atoms with Gasteiger partial charge in [-0.3, -0.25) is 0 Å². The lowest BCUT2D eigenvalue weighted by Crippen LogP contribution is -2.50. The predicted molar refractivity (Wildman–Crippen MR) is 187 cm³/mol. The van der Waals surface area contributed by atoms with E-state index in [1.807, 2.05) is 0 Å². The van der Waals surface area contributed by atoms with Gasteiger partial charge in [-0.2, -0.15) is 0 Å². The fourth-order valence-electron chi connectivity index (χ4n) is 7.70. The van der Waals surface area contributed by atoms with E-state index >= 15 is 0 Å². The van der Waals surface area contributed by atoms with Gasteiger partial charge < -0.3 is 0 Å². The van der Waals surface area contributed by atoms with Crippen molar-refractivity contribution in [2.45, 2.75) is 68.2 Å². The van der Waals surface area contributed by atoms with Crippen molar-refractivity contribution in [2.75, 3.05) is 0 Å². The lowest BCUT2D eigenvalue weighted by Gasteiger charge is -2.60. The van der Waals surface area contributed by atoms with E-state index in [4.69, 9.17) is 0 Å². The van der Waals surface area contributed by atoms with Gasteiger partial charge in [0.2, 0.25) is 0 Å². The van der Waals surface area contributed by atoms with Crippen molar-refractivity contribution < 1.29 is 0 Å². The maximum absolute atomic E-state index is 3.78. The highest BCUT2D eigenvalue weighted by atomic mass is 14.6. The minimum atomic E-state index is -0.317. The third-order valence-electron chi connectivity index (χ3n) is 10.6. The molecule has 2 atom stereocenters. The van der Waals surface area contributed by atoms with Gasteiger partial charge >= 0.3 is 0 Å². The number of benzene rings is 1. The van der Waals surface area contributed by atoms with Crippen LogP contribution in [0, 0.1) is 45.3 Å². The summed E-state index contributed by atoms with van der Waals surface area (Å²) in [7, 11) is 0. The molecule has 1 unspecified atom stereocenters. The average molecular weight is 571 g/mol. The molecule has 0 radical (unpaired) electrons. The monoisotopic (exact) mass is 570 g/mol. The van der Waals surface area contributed by atoms with Gasteiger partial charge in [-0.05, 0) is 68.2 Å². The van der Waals surface area contributed by atoms with Gasteiger partial charge in [0.05, 0.1) is 0 Å². The Morgan fingerprint density at radius 1 is 0.568 bits per heavy atom. The van der Waals surface area contributed by atoms with Crippen LogP contribution in [0.3, 0.4) is 0 Å². The summed E-state index contributed by atoms with van der Waals surface area (Å²) in [5.41, 5.74) is 14.6. The molecule has 0 bridgehead atoms. The van der Waals surface area contributed by atoms with Gasteiger partial charge in [-0.25, -0.2) is 0 Å². The molecule has 0 heteroatoms. The third-order valence-corrected chi connectivity index (χ3v) is 10.6. The second-order valence-corrected chi connectivity index (χ2v) is 15.3. The minimum absolute atomic E-state index is 0.0221. The maximum Gasteiger partial charge on any atom is 0.0450 e. The molecule has 0 amide bonds. The normalized spacial score (nSPS) is 26.3. The highest BCUT2D eigenvalue weighted by Gasteiger charge is 2.61. The first-order chi connectivity index (χ1) is 20.8. The average Bonchev–Trinajstić information content (AvgIpc) is 3.68. The molecule has 0 saturated heterocycles. The van der Waals surface area contributed by atoms with E-state index < -0.39 is 0 Å². The molecular weight excluding hydrogens is 528 g/mol. The zero-order valence-electron chi connectivity index (χ0n) is 27.5. The van der Waals surface area contributed by atoms with Crippen LogP contribution in [0.5, 0.6) is 0 Å². The first-order valence-corrected chi connectivity index (χ1v) is 16.1. The zero-order valence-corrected chi connectivity index (χ0v) is 27.5. The van der Waals surface area contributed by atoms with Gasteiger partial charge in [-0.15, -0.1) is 0 Å². The highest BCUT2D eigenvalue weighted by Crippen LogP contribution is 2.72.